The fraction of sp³-hybridized carbons (Fsp3) is 0.278. The molecule has 2 rings (SSSR count). The highest BCUT2D eigenvalue weighted by atomic mass is 19.2. The second-order valence-electron chi connectivity index (χ2n) is 5.41. The minimum Gasteiger partial charge on any atom is -0.484 e. The van der Waals surface area contributed by atoms with E-state index >= 15 is 0 Å². The van der Waals surface area contributed by atoms with Crippen LogP contribution in [0, 0.1) is 18.6 Å². The Morgan fingerprint density at radius 2 is 1.87 bits per heavy atom. The summed E-state index contributed by atoms with van der Waals surface area (Å²) in [4.78, 5) is 13.7. The second-order valence-corrected chi connectivity index (χ2v) is 5.41. The Morgan fingerprint density at radius 1 is 1.17 bits per heavy atom. The van der Waals surface area contributed by atoms with Crippen molar-refractivity contribution >= 4 is 5.91 Å². The lowest BCUT2D eigenvalue weighted by atomic mass is 10.1. The lowest BCUT2D eigenvalue weighted by Gasteiger charge is -2.25. The van der Waals surface area contributed by atoms with Crippen LogP contribution in [-0.4, -0.2) is 24.5 Å². The number of benzene rings is 2. The molecule has 3 nitrogen and oxygen atoms in total. The van der Waals surface area contributed by atoms with Gasteiger partial charge in [-0.3, -0.25) is 4.79 Å². The van der Waals surface area contributed by atoms with E-state index in [1.54, 1.807) is 20.0 Å². The van der Waals surface area contributed by atoms with Gasteiger partial charge in [0.1, 0.15) is 5.75 Å². The molecule has 23 heavy (non-hydrogen) atoms. The van der Waals surface area contributed by atoms with Crippen molar-refractivity contribution in [3.63, 3.8) is 0 Å². The topological polar surface area (TPSA) is 29.5 Å². The van der Waals surface area contributed by atoms with E-state index in [0.717, 1.165) is 17.7 Å². The zero-order valence-electron chi connectivity index (χ0n) is 13.3. The van der Waals surface area contributed by atoms with Gasteiger partial charge in [0.2, 0.25) is 0 Å². The minimum atomic E-state index is -0.925. The number of hydrogen-bond acceptors (Lipinski definition) is 2. The number of para-hydroxylation sites is 1. The van der Waals surface area contributed by atoms with Gasteiger partial charge in [-0.05, 0) is 43.2 Å². The molecule has 5 heteroatoms. The van der Waals surface area contributed by atoms with E-state index in [4.69, 9.17) is 4.74 Å². The van der Waals surface area contributed by atoms with Crippen molar-refractivity contribution in [2.75, 3.05) is 13.7 Å². The molecule has 2 aromatic carbocycles. The summed E-state index contributed by atoms with van der Waals surface area (Å²) in [5.74, 6) is -1.43. The van der Waals surface area contributed by atoms with Gasteiger partial charge in [-0.2, -0.15) is 0 Å². The number of amides is 1. The first-order valence-corrected chi connectivity index (χ1v) is 7.29. The summed E-state index contributed by atoms with van der Waals surface area (Å²) in [6, 6.07) is 10.7. The molecule has 0 aliphatic carbocycles. The van der Waals surface area contributed by atoms with Crippen LogP contribution in [0.25, 0.3) is 0 Å². The first kappa shape index (κ1) is 16.9. The SMILES string of the molecule is Cc1ccccc1OCC(=O)N(C)C(C)c1ccc(F)c(F)c1. The number of rotatable bonds is 5. The van der Waals surface area contributed by atoms with Gasteiger partial charge in [0.15, 0.2) is 18.2 Å². The van der Waals surface area contributed by atoms with Gasteiger partial charge < -0.3 is 9.64 Å². The summed E-state index contributed by atoms with van der Waals surface area (Å²) < 4.78 is 31.8. The summed E-state index contributed by atoms with van der Waals surface area (Å²) >= 11 is 0. The van der Waals surface area contributed by atoms with Crippen LogP contribution in [0.4, 0.5) is 8.78 Å². The maximum absolute atomic E-state index is 13.3. The lowest BCUT2D eigenvalue weighted by molar-refractivity contribution is -0.134. The van der Waals surface area contributed by atoms with E-state index < -0.39 is 17.7 Å². The third-order valence-electron chi connectivity index (χ3n) is 3.85. The standard InChI is InChI=1S/C18H19F2NO2/c1-12-6-4-5-7-17(12)23-11-18(22)21(3)13(2)14-8-9-15(19)16(20)10-14/h4-10,13H,11H2,1-3H3. The molecular formula is C18H19F2NO2. The van der Waals surface area contributed by atoms with E-state index in [1.165, 1.54) is 11.0 Å². The van der Waals surface area contributed by atoms with Crippen LogP contribution in [-0.2, 0) is 4.79 Å². The Kier molecular flexibility index (Phi) is 5.32. The Bertz CT molecular complexity index is 703. The van der Waals surface area contributed by atoms with Gasteiger partial charge in [-0.15, -0.1) is 0 Å². The third kappa shape index (κ3) is 4.06. The van der Waals surface area contributed by atoms with Crippen LogP contribution in [0.5, 0.6) is 5.75 Å². The van der Waals surface area contributed by atoms with E-state index in [2.05, 4.69) is 0 Å². The molecule has 0 bridgehead atoms. The van der Waals surface area contributed by atoms with Gasteiger partial charge in [0, 0.05) is 7.05 Å². The minimum absolute atomic E-state index is 0.116. The maximum atomic E-state index is 13.3. The molecule has 0 spiro atoms. The molecule has 122 valence electrons. The first-order chi connectivity index (χ1) is 10.9. The number of carbonyl (C=O) groups is 1. The molecule has 0 heterocycles. The third-order valence-corrected chi connectivity index (χ3v) is 3.85. The highest BCUT2D eigenvalue weighted by Gasteiger charge is 2.19. The number of ether oxygens (including phenoxy) is 1. The van der Waals surface area contributed by atoms with Gasteiger partial charge >= 0.3 is 0 Å². The summed E-state index contributed by atoms with van der Waals surface area (Å²) in [5.41, 5.74) is 1.47. The fourth-order valence-electron chi connectivity index (χ4n) is 2.17. The smallest absolute Gasteiger partial charge is 0.260 e. The van der Waals surface area contributed by atoms with Crippen LogP contribution in [0.2, 0.25) is 0 Å². The quantitative estimate of drug-likeness (QED) is 0.837. The van der Waals surface area contributed by atoms with E-state index in [0.29, 0.717) is 11.3 Å². The van der Waals surface area contributed by atoms with Crippen molar-refractivity contribution in [3.8, 4) is 5.75 Å². The van der Waals surface area contributed by atoms with Crippen molar-refractivity contribution in [1.29, 1.82) is 0 Å². The van der Waals surface area contributed by atoms with E-state index in [9.17, 15) is 13.6 Å². The van der Waals surface area contributed by atoms with E-state index in [-0.39, 0.29) is 12.5 Å². The molecule has 0 N–H and O–H groups in total. The predicted molar refractivity (Wildman–Crippen MR) is 84.2 cm³/mol. The molecule has 0 aliphatic heterocycles. The number of likely N-dealkylation sites (N-methyl/N-ethyl adjacent to an activating group) is 1. The van der Waals surface area contributed by atoms with Crippen LogP contribution >= 0.6 is 0 Å². The zero-order valence-corrected chi connectivity index (χ0v) is 13.3. The number of carbonyl (C=O) groups excluding carboxylic acids is 1. The number of nitrogens with zero attached hydrogens (tertiary/aromatic N) is 1. The fourth-order valence-corrected chi connectivity index (χ4v) is 2.17. The average molecular weight is 319 g/mol. The van der Waals surface area contributed by atoms with Gasteiger partial charge in [0.25, 0.3) is 5.91 Å². The van der Waals surface area contributed by atoms with Crippen molar-refractivity contribution in [2.45, 2.75) is 19.9 Å². The summed E-state index contributed by atoms with van der Waals surface area (Å²) in [7, 11) is 1.61. The van der Waals surface area contributed by atoms with Crippen molar-refractivity contribution < 1.29 is 18.3 Å². The van der Waals surface area contributed by atoms with E-state index in [1.807, 2.05) is 25.1 Å². The molecule has 1 atom stereocenters. The van der Waals surface area contributed by atoms with Gasteiger partial charge in [-0.1, -0.05) is 24.3 Å². The predicted octanol–water partition coefficient (Wildman–Crippen LogP) is 3.87. The molecule has 0 radical (unpaired) electrons. The Labute approximate surface area is 134 Å². The van der Waals surface area contributed by atoms with Gasteiger partial charge in [0.05, 0.1) is 6.04 Å². The highest BCUT2D eigenvalue weighted by molar-refractivity contribution is 5.78. The monoisotopic (exact) mass is 319 g/mol. The Morgan fingerprint density at radius 3 is 2.52 bits per heavy atom. The molecule has 1 unspecified atom stereocenters. The molecular weight excluding hydrogens is 300 g/mol. The summed E-state index contributed by atoms with van der Waals surface area (Å²) in [6.07, 6.45) is 0. The Balaban J connectivity index is 2.01. The average Bonchev–Trinajstić information content (AvgIpc) is 2.55. The van der Waals surface area contributed by atoms with Crippen LogP contribution < -0.4 is 4.74 Å². The summed E-state index contributed by atoms with van der Waals surface area (Å²) in [6.45, 7) is 3.53. The maximum Gasteiger partial charge on any atom is 0.260 e. The highest BCUT2D eigenvalue weighted by Crippen LogP contribution is 2.21. The van der Waals surface area contributed by atoms with Crippen LogP contribution in [0.3, 0.4) is 0 Å². The van der Waals surface area contributed by atoms with Crippen molar-refractivity contribution in [1.82, 2.24) is 4.90 Å². The first-order valence-electron chi connectivity index (χ1n) is 7.29. The Hall–Kier alpha value is -2.43. The van der Waals surface area contributed by atoms with Crippen molar-refractivity contribution in [2.24, 2.45) is 0 Å². The lowest BCUT2D eigenvalue weighted by Crippen LogP contribution is -2.33. The number of halogens is 2. The number of aryl methyl sites for hydroxylation is 1. The van der Waals surface area contributed by atoms with Gasteiger partial charge in [-0.25, -0.2) is 8.78 Å². The molecule has 0 aromatic heterocycles. The normalized spacial score (nSPS) is 11.9. The van der Waals surface area contributed by atoms with Crippen LogP contribution in [0.1, 0.15) is 24.1 Å². The van der Waals surface area contributed by atoms with Crippen molar-refractivity contribution in [3.05, 3.63) is 65.2 Å². The molecule has 2 aromatic rings. The molecule has 0 saturated carbocycles. The van der Waals surface area contributed by atoms with Crippen LogP contribution in [0.15, 0.2) is 42.5 Å². The molecule has 0 fully saturated rings. The largest absolute Gasteiger partial charge is 0.484 e. The summed E-state index contributed by atoms with van der Waals surface area (Å²) in [5, 5.41) is 0. The molecule has 0 saturated heterocycles. The molecule has 0 aliphatic rings. The second kappa shape index (κ2) is 7.22. The number of hydrogen-bond donors (Lipinski definition) is 0. The zero-order chi connectivity index (χ0) is 17.0. The molecule has 1 amide bonds.